The molecule has 27 heavy (non-hydrogen) atoms. The summed E-state index contributed by atoms with van der Waals surface area (Å²) in [5.74, 6) is -1.57. The van der Waals surface area contributed by atoms with Gasteiger partial charge in [0.1, 0.15) is 18.3 Å². The summed E-state index contributed by atoms with van der Waals surface area (Å²) in [5, 5.41) is 33.0. The van der Waals surface area contributed by atoms with E-state index in [2.05, 4.69) is 10.1 Å². The van der Waals surface area contributed by atoms with Crippen LogP contribution in [0.2, 0.25) is 0 Å². The third-order valence-electron chi connectivity index (χ3n) is 4.08. The number of primary amides is 1. The van der Waals surface area contributed by atoms with Crippen LogP contribution in [0.3, 0.4) is 0 Å². The molecule has 4 atom stereocenters. The Balaban J connectivity index is 2.04. The number of aromatic nitrogens is 3. The van der Waals surface area contributed by atoms with Gasteiger partial charge < -0.3 is 25.8 Å². The number of alkyl halides is 3. The van der Waals surface area contributed by atoms with Crippen LogP contribution in [0, 0.1) is 0 Å². The smallest absolute Gasteiger partial charge is 0.394 e. The van der Waals surface area contributed by atoms with E-state index >= 15 is 0 Å². The van der Waals surface area contributed by atoms with Gasteiger partial charge in [-0.1, -0.05) is 12.1 Å². The SMILES string of the molecule is NC(=O)c1nc(-c2ccc(C(F)(F)F)cc2)n([C@@H]2O[C@H](CO)[C@@H](O)[C@H]2O)n1. The van der Waals surface area contributed by atoms with Gasteiger partial charge in [0.2, 0.25) is 5.82 Å². The average molecular weight is 388 g/mol. The fraction of sp³-hybridized carbons (Fsp3) is 0.400. The molecule has 1 aromatic carbocycles. The number of hydrogen-bond donors (Lipinski definition) is 4. The first kappa shape index (κ1) is 19.2. The molecule has 0 bridgehead atoms. The Labute approximate surface area is 149 Å². The third-order valence-corrected chi connectivity index (χ3v) is 4.08. The standard InChI is InChI=1S/C15H15F3N4O5/c16-15(17,18)7-3-1-6(2-4-7)13-20-12(11(19)26)21-22(13)14-10(25)9(24)8(5-23)27-14/h1-4,8-10,14,23-25H,5H2,(H2,19,26)/t8-,9-,10-,14-/m1/s1. The fourth-order valence-electron chi connectivity index (χ4n) is 2.69. The number of nitrogens with zero attached hydrogens (tertiary/aromatic N) is 3. The van der Waals surface area contributed by atoms with Crippen molar-refractivity contribution in [1.29, 1.82) is 0 Å². The van der Waals surface area contributed by atoms with Crippen LogP contribution >= 0.6 is 0 Å². The topological polar surface area (TPSA) is 144 Å². The Bertz CT molecular complexity index is 839. The maximum absolute atomic E-state index is 12.7. The second kappa shape index (κ2) is 6.88. The molecule has 1 saturated heterocycles. The van der Waals surface area contributed by atoms with Gasteiger partial charge in [-0.15, -0.1) is 5.10 Å². The molecule has 2 heterocycles. The number of ether oxygens (including phenoxy) is 1. The highest BCUT2D eigenvalue weighted by atomic mass is 19.4. The van der Waals surface area contributed by atoms with E-state index in [1.165, 1.54) is 0 Å². The molecule has 1 aliphatic rings. The van der Waals surface area contributed by atoms with Gasteiger partial charge in [-0.05, 0) is 12.1 Å². The molecule has 9 nitrogen and oxygen atoms in total. The number of benzene rings is 1. The van der Waals surface area contributed by atoms with Crippen molar-refractivity contribution in [2.24, 2.45) is 5.73 Å². The minimum absolute atomic E-state index is 0.104. The maximum Gasteiger partial charge on any atom is 0.416 e. The first-order valence-electron chi connectivity index (χ1n) is 7.70. The Morgan fingerprint density at radius 2 is 1.85 bits per heavy atom. The number of hydrogen-bond acceptors (Lipinski definition) is 7. The lowest BCUT2D eigenvalue weighted by Crippen LogP contribution is -2.33. The lowest BCUT2D eigenvalue weighted by Gasteiger charge is -2.17. The second-order valence-corrected chi connectivity index (χ2v) is 5.87. The van der Waals surface area contributed by atoms with Crippen molar-refractivity contribution in [2.45, 2.75) is 30.7 Å². The van der Waals surface area contributed by atoms with E-state index in [-0.39, 0.29) is 11.4 Å². The lowest BCUT2D eigenvalue weighted by atomic mass is 10.1. The van der Waals surface area contributed by atoms with Crippen LogP contribution in [-0.2, 0) is 10.9 Å². The molecule has 146 valence electrons. The van der Waals surface area contributed by atoms with Crippen LogP contribution in [-0.4, -0.2) is 60.9 Å². The molecule has 0 aliphatic carbocycles. The highest BCUT2D eigenvalue weighted by Gasteiger charge is 2.45. The van der Waals surface area contributed by atoms with Gasteiger partial charge in [0.05, 0.1) is 12.2 Å². The Hall–Kier alpha value is -2.54. The molecule has 1 amide bonds. The van der Waals surface area contributed by atoms with Crippen LogP contribution in [0.15, 0.2) is 24.3 Å². The van der Waals surface area contributed by atoms with E-state index in [1.807, 2.05) is 0 Å². The Kier molecular flexibility index (Phi) is 4.90. The molecule has 0 spiro atoms. The van der Waals surface area contributed by atoms with Gasteiger partial charge >= 0.3 is 6.18 Å². The normalized spacial score (nSPS) is 25.7. The molecule has 1 fully saturated rings. The van der Waals surface area contributed by atoms with Crippen LogP contribution in [0.1, 0.15) is 22.4 Å². The average Bonchev–Trinajstić information content (AvgIpc) is 3.17. The third kappa shape index (κ3) is 3.51. The first-order chi connectivity index (χ1) is 12.6. The predicted octanol–water partition coefficient (Wildman–Crippen LogP) is -0.326. The van der Waals surface area contributed by atoms with Crippen molar-refractivity contribution >= 4 is 5.91 Å². The molecule has 1 aliphatic heterocycles. The van der Waals surface area contributed by atoms with Gasteiger partial charge in [-0.25, -0.2) is 9.67 Å². The summed E-state index contributed by atoms with van der Waals surface area (Å²) in [5.41, 5.74) is 4.40. The van der Waals surface area contributed by atoms with Gasteiger partial charge in [0.25, 0.3) is 5.91 Å². The molecular weight excluding hydrogens is 373 g/mol. The zero-order chi connectivity index (χ0) is 19.9. The van der Waals surface area contributed by atoms with Crippen LogP contribution in [0.25, 0.3) is 11.4 Å². The molecule has 0 radical (unpaired) electrons. The van der Waals surface area contributed by atoms with Crippen LogP contribution < -0.4 is 5.73 Å². The number of aliphatic hydroxyl groups is 3. The lowest BCUT2D eigenvalue weighted by molar-refractivity contribution is -0.137. The minimum atomic E-state index is -4.53. The molecular formula is C15H15F3N4O5. The quantitative estimate of drug-likeness (QED) is 0.562. The zero-order valence-corrected chi connectivity index (χ0v) is 13.5. The van der Waals surface area contributed by atoms with Crippen molar-refractivity contribution in [3.05, 3.63) is 35.7 Å². The molecule has 1 aromatic heterocycles. The summed E-state index contributed by atoms with van der Waals surface area (Å²) in [6.07, 6.45) is -9.96. The van der Waals surface area contributed by atoms with Crippen molar-refractivity contribution < 1.29 is 38.0 Å². The Morgan fingerprint density at radius 3 is 2.33 bits per heavy atom. The summed E-state index contributed by atoms with van der Waals surface area (Å²) in [6.45, 7) is -0.596. The number of amides is 1. The summed E-state index contributed by atoms with van der Waals surface area (Å²) in [6, 6.07) is 3.84. The number of carbonyl (C=O) groups is 1. The highest BCUT2D eigenvalue weighted by Crippen LogP contribution is 2.34. The number of carbonyl (C=O) groups excluding carboxylic acids is 1. The number of aliphatic hydroxyl groups excluding tert-OH is 3. The van der Waals surface area contributed by atoms with Crippen molar-refractivity contribution in [3.63, 3.8) is 0 Å². The zero-order valence-electron chi connectivity index (χ0n) is 13.5. The van der Waals surface area contributed by atoms with E-state index in [4.69, 9.17) is 10.5 Å². The highest BCUT2D eigenvalue weighted by molar-refractivity contribution is 5.89. The van der Waals surface area contributed by atoms with Gasteiger partial charge in [-0.2, -0.15) is 13.2 Å². The maximum atomic E-state index is 12.7. The fourth-order valence-corrected chi connectivity index (χ4v) is 2.69. The van der Waals surface area contributed by atoms with Crippen LogP contribution in [0.4, 0.5) is 13.2 Å². The second-order valence-electron chi connectivity index (χ2n) is 5.87. The molecule has 0 unspecified atom stereocenters. The largest absolute Gasteiger partial charge is 0.416 e. The Morgan fingerprint density at radius 1 is 1.22 bits per heavy atom. The number of halogens is 3. The van der Waals surface area contributed by atoms with Crippen LogP contribution in [0.5, 0.6) is 0 Å². The van der Waals surface area contributed by atoms with E-state index < -0.39 is 54.6 Å². The molecule has 12 heteroatoms. The predicted molar refractivity (Wildman–Crippen MR) is 82.0 cm³/mol. The van der Waals surface area contributed by atoms with Gasteiger partial charge in [-0.3, -0.25) is 4.79 Å². The molecule has 5 N–H and O–H groups in total. The summed E-state index contributed by atoms with van der Waals surface area (Å²) in [4.78, 5) is 15.3. The number of rotatable bonds is 4. The van der Waals surface area contributed by atoms with Crippen molar-refractivity contribution in [1.82, 2.24) is 14.8 Å². The van der Waals surface area contributed by atoms with Crippen molar-refractivity contribution in [3.8, 4) is 11.4 Å². The van der Waals surface area contributed by atoms with Crippen molar-refractivity contribution in [2.75, 3.05) is 6.61 Å². The molecule has 0 saturated carbocycles. The number of nitrogens with two attached hydrogens (primary N) is 1. The monoisotopic (exact) mass is 388 g/mol. The van der Waals surface area contributed by atoms with E-state index in [0.717, 1.165) is 28.9 Å². The molecule has 3 rings (SSSR count). The minimum Gasteiger partial charge on any atom is -0.394 e. The van der Waals surface area contributed by atoms with E-state index in [9.17, 15) is 33.3 Å². The van der Waals surface area contributed by atoms with Gasteiger partial charge in [0, 0.05) is 5.56 Å². The molecule has 2 aromatic rings. The first-order valence-corrected chi connectivity index (χ1v) is 7.70. The summed E-state index contributed by atoms with van der Waals surface area (Å²) in [7, 11) is 0. The summed E-state index contributed by atoms with van der Waals surface area (Å²) < 4.78 is 44.5. The summed E-state index contributed by atoms with van der Waals surface area (Å²) >= 11 is 0. The van der Waals surface area contributed by atoms with Gasteiger partial charge in [0.15, 0.2) is 12.1 Å². The van der Waals surface area contributed by atoms with E-state index in [0.29, 0.717) is 0 Å². The van der Waals surface area contributed by atoms with E-state index in [1.54, 1.807) is 0 Å².